The van der Waals surface area contributed by atoms with Gasteiger partial charge in [0, 0.05) is 24.0 Å². The minimum Gasteiger partial charge on any atom is -0.352 e. The second kappa shape index (κ2) is 13.6. The molecule has 0 aromatic heterocycles. The molecule has 0 bridgehead atoms. The van der Waals surface area contributed by atoms with Crippen molar-refractivity contribution in [2.75, 3.05) is 17.1 Å². The maximum atomic E-state index is 14.0. The summed E-state index contributed by atoms with van der Waals surface area (Å²) in [5.41, 5.74) is 3.06. The second-order valence-electron chi connectivity index (χ2n) is 9.78. The average molecular weight is 570 g/mol. The molecule has 0 aliphatic carbocycles. The first-order valence-corrected chi connectivity index (χ1v) is 15.1. The number of benzene rings is 3. The number of anilines is 1. The Kier molecular flexibility index (Phi) is 10.5. The third-order valence-corrected chi connectivity index (χ3v) is 7.89. The molecule has 0 saturated heterocycles. The summed E-state index contributed by atoms with van der Waals surface area (Å²) in [5, 5.41) is 3.47. The summed E-state index contributed by atoms with van der Waals surface area (Å²) in [6.07, 6.45) is 2.06. The highest BCUT2D eigenvalue weighted by Gasteiger charge is 2.33. The molecule has 0 aliphatic heterocycles. The number of halogens is 1. The summed E-state index contributed by atoms with van der Waals surface area (Å²) in [6.45, 7) is 5.52. The largest absolute Gasteiger partial charge is 0.352 e. The van der Waals surface area contributed by atoms with Gasteiger partial charge in [0.2, 0.25) is 21.8 Å². The van der Waals surface area contributed by atoms with Gasteiger partial charge in [0.05, 0.1) is 11.9 Å². The number of nitrogens with one attached hydrogen (secondary N) is 1. The molecular weight excluding hydrogens is 534 g/mol. The van der Waals surface area contributed by atoms with E-state index in [2.05, 4.69) is 5.32 Å². The molecular formula is C30H36ClN3O4S. The van der Waals surface area contributed by atoms with Crippen molar-refractivity contribution in [1.29, 1.82) is 0 Å². The third kappa shape index (κ3) is 8.83. The Morgan fingerprint density at radius 3 is 2.18 bits per heavy atom. The average Bonchev–Trinajstić information content (AvgIpc) is 2.89. The highest BCUT2D eigenvalue weighted by atomic mass is 35.5. The van der Waals surface area contributed by atoms with Gasteiger partial charge in [-0.2, -0.15) is 0 Å². The lowest BCUT2D eigenvalue weighted by Gasteiger charge is -2.34. The van der Waals surface area contributed by atoms with Crippen LogP contribution in [0.25, 0.3) is 0 Å². The van der Waals surface area contributed by atoms with E-state index in [4.69, 9.17) is 11.6 Å². The van der Waals surface area contributed by atoms with Crippen molar-refractivity contribution < 1.29 is 18.0 Å². The van der Waals surface area contributed by atoms with Crippen LogP contribution < -0.4 is 9.62 Å². The Morgan fingerprint density at radius 1 is 0.949 bits per heavy atom. The van der Waals surface area contributed by atoms with Crippen molar-refractivity contribution in [3.8, 4) is 0 Å². The molecule has 0 aliphatic rings. The number of nitrogens with zero attached hydrogens (tertiary/aromatic N) is 2. The molecule has 39 heavy (non-hydrogen) atoms. The van der Waals surface area contributed by atoms with Gasteiger partial charge in [-0.05, 0) is 55.7 Å². The van der Waals surface area contributed by atoms with Crippen LogP contribution in [0, 0.1) is 6.92 Å². The molecule has 3 rings (SSSR count). The van der Waals surface area contributed by atoms with Crippen LogP contribution in [0.2, 0.25) is 5.02 Å². The summed E-state index contributed by atoms with van der Waals surface area (Å²) in [6, 6.07) is 22.5. The Labute approximate surface area is 236 Å². The van der Waals surface area contributed by atoms with Crippen molar-refractivity contribution in [2.24, 2.45) is 0 Å². The van der Waals surface area contributed by atoms with Crippen LogP contribution in [0.3, 0.4) is 0 Å². The number of carbonyl (C=O) groups excluding carboxylic acids is 2. The van der Waals surface area contributed by atoms with E-state index in [9.17, 15) is 18.0 Å². The first kappa shape index (κ1) is 30.2. The molecule has 0 fully saturated rings. The zero-order valence-corrected chi connectivity index (χ0v) is 24.4. The minimum absolute atomic E-state index is 0.0896. The van der Waals surface area contributed by atoms with Crippen molar-refractivity contribution in [1.82, 2.24) is 10.2 Å². The summed E-state index contributed by atoms with van der Waals surface area (Å²) in [5.74, 6) is -0.774. The molecule has 3 aromatic carbocycles. The third-order valence-electron chi connectivity index (χ3n) is 6.50. The normalized spacial score (nSPS) is 12.8. The van der Waals surface area contributed by atoms with Gasteiger partial charge in [-0.3, -0.25) is 13.9 Å². The highest BCUT2D eigenvalue weighted by Crippen LogP contribution is 2.22. The van der Waals surface area contributed by atoms with Crippen LogP contribution in [0.5, 0.6) is 0 Å². The predicted molar refractivity (Wildman–Crippen MR) is 157 cm³/mol. The lowest BCUT2D eigenvalue weighted by molar-refractivity contribution is -0.140. The topological polar surface area (TPSA) is 86.8 Å². The Bertz CT molecular complexity index is 1360. The molecule has 7 nitrogen and oxygen atoms in total. The van der Waals surface area contributed by atoms with Crippen molar-refractivity contribution in [3.05, 3.63) is 101 Å². The van der Waals surface area contributed by atoms with Crippen molar-refractivity contribution >= 4 is 39.1 Å². The van der Waals surface area contributed by atoms with E-state index in [0.29, 0.717) is 10.7 Å². The maximum absolute atomic E-state index is 14.0. The van der Waals surface area contributed by atoms with Crippen LogP contribution in [0.1, 0.15) is 37.0 Å². The van der Waals surface area contributed by atoms with E-state index < -0.39 is 28.5 Å². The molecule has 0 heterocycles. The van der Waals surface area contributed by atoms with Crippen LogP contribution >= 0.6 is 11.6 Å². The fourth-order valence-corrected chi connectivity index (χ4v) is 5.20. The smallest absolute Gasteiger partial charge is 0.244 e. The van der Waals surface area contributed by atoms with E-state index >= 15 is 0 Å². The number of hydrogen-bond acceptors (Lipinski definition) is 4. The standard InChI is InChI=1S/C30H36ClN3O4S/c1-5-23(3)32-30(36)28(19-24-11-7-6-8-12-24)33(20-25-13-9-10-22(2)18-25)29(35)21-34(39(4,37)38)27-16-14-26(31)15-17-27/h6-18,23,28H,5,19-21H2,1-4H3,(H,32,36)/t23-,28+/m0/s1. The van der Waals surface area contributed by atoms with Crippen LogP contribution in [-0.2, 0) is 32.6 Å². The first-order valence-electron chi connectivity index (χ1n) is 12.9. The minimum atomic E-state index is -3.82. The number of rotatable bonds is 12. The second-order valence-corrected chi connectivity index (χ2v) is 12.1. The Hall–Kier alpha value is -3.36. The van der Waals surface area contributed by atoms with Gasteiger partial charge in [0.15, 0.2) is 0 Å². The molecule has 0 radical (unpaired) electrons. The Balaban J connectivity index is 2.05. The lowest BCUT2D eigenvalue weighted by atomic mass is 10.0. The molecule has 2 atom stereocenters. The number of sulfonamides is 1. The first-order chi connectivity index (χ1) is 18.5. The van der Waals surface area contributed by atoms with Gasteiger partial charge in [-0.1, -0.05) is 78.7 Å². The number of aryl methyl sites for hydroxylation is 1. The zero-order valence-electron chi connectivity index (χ0n) is 22.8. The number of amides is 2. The van der Waals surface area contributed by atoms with E-state index in [0.717, 1.165) is 33.7 Å². The van der Waals surface area contributed by atoms with Gasteiger partial charge in [0.25, 0.3) is 0 Å². The van der Waals surface area contributed by atoms with Crippen molar-refractivity contribution in [3.63, 3.8) is 0 Å². The molecule has 0 saturated carbocycles. The molecule has 2 amide bonds. The summed E-state index contributed by atoms with van der Waals surface area (Å²) in [7, 11) is -3.82. The van der Waals surface area contributed by atoms with E-state index in [1.54, 1.807) is 24.3 Å². The monoisotopic (exact) mass is 569 g/mol. The number of carbonyl (C=O) groups is 2. The van der Waals surface area contributed by atoms with Crippen molar-refractivity contribution in [2.45, 2.75) is 52.2 Å². The summed E-state index contributed by atoms with van der Waals surface area (Å²) in [4.78, 5) is 29.2. The van der Waals surface area contributed by atoms with Gasteiger partial charge < -0.3 is 10.2 Å². The molecule has 0 spiro atoms. The lowest BCUT2D eigenvalue weighted by Crippen LogP contribution is -2.54. The molecule has 0 unspecified atom stereocenters. The quantitative estimate of drug-likeness (QED) is 0.334. The number of hydrogen-bond donors (Lipinski definition) is 1. The highest BCUT2D eigenvalue weighted by molar-refractivity contribution is 7.92. The predicted octanol–water partition coefficient (Wildman–Crippen LogP) is 4.97. The van der Waals surface area contributed by atoms with Crippen LogP contribution in [-0.4, -0.2) is 50.0 Å². The van der Waals surface area contributed by atoms with Crippen LogP contribution in [0.4, 0.5) is 5.69 Å². The molecule has 1 N–H and O–H groups in total. The summed E-state index contributed by atoms with van der Waals surface area (Å²) < 4.78 is 26.6. The SMILES string of the molecule is CC[C@H](C)NC(=O)[C@@H](Cc1ccccc1)N(Cc1cccc(C)c1)C(=O)CN(c1ccc(Cl)cc1)S(C)(=O)=O. The van der Waals surface area contributed by atoms with E-state index in [1.165, 1.54) is 4.90 Å². The van der Waals surface area contributed by atoms with Gasteiger partial charge in [-0.25, -0.2) is 8.42 Å². The molecule has 9 heteroatoms. The van der Waals surface area contributed by atoms with E-state index in [-0.39, 0.29) is 24.9 Å². The van der Waals surface area contributed by atoms with Gasteiger partial charge in [0.1, 0.15) is 12.6 Å². The fraction of sp³-hybridized carbons (Fsp3) is 0.333. The molecule has 208 valence electrons. The zero-order chi connectivity index (χ0) is 28.6. The maximum Gasteiger partial charge on any atom is 0.244 e. The summed E-state index contributed by atoms with van der Waals surface area (Å²) >= 11 is 6.01. The van der Waals surface area contributed by atoms with E-state index in [1.807, 2.05) is 75.4 Å². The van der Waals surface area contributed by atoms with Gasteiger partial charge in [-0.15, -0.1) is 0 Å². The van der Waals surface area contributed by atoms with Gasteiger partial charge >= 0.3 is 0 Å². The fourth-order valence-electron chi connectivity index (χ4n) is 4.22. The Morgan fingerprint density at radius 2 is 1.59 bits per heavy atom. The molecule has 3 aromatic rings. The van der Waals surface area contributed by atoms with Crippen LogP contribution in [0.15, 0.2) is 78.9 Å².